The third kappa shape index (κ3) is 4.07. The molecule has 2 aliphatic heterocycles. The maximum atomic E-state index is 14.8. The molecule has 0 saturated carbocycles. The Bertz CT molecular complexity index is 912. The predicted octanol–water partition coefficient (Wildman–Crippen LogP) is 3.10. The molecule has 0 unspecified atom stereocenters. The van der Waals surface area contributed by atoms with Crippen LogP contribution in [0.3, 0.4) is 0 Å². The first-order chi connectivity index (χ1) is 14.0. The Morgan fingerprint density at radius 1 is 1.43 bits per heavy atom. The van der Waals surface area contributed by atoms with Gasteiger partial charge in [0, 0.05) is 18.7 Å². The fourth-order valence-electron chi connectivity index (χ4n) is 3.68. The van der Waals surface area contributed by atoms with Crippen molar-refractivity contribution in [3.63, 3.8) is 0 Å². The number of hydrogen-bond donors (Lipinski definition) is 1. The van der Waals surface area contributed by atoms with Crippen molar-refractivity contribution in [3.8, 4) is 0 Å². The molecule has 7 nitrogen and oxygen atoms in total. The summed E-state index contributed by atoms with van der Waals surface area (Å²) in [6.45, 7) is 8.64. The number of rotatable bonds is 2. The number of carbonyl (C=O) groups excluding carboxylic acids is 2. The number of ether oxygens (including phenoxy) is 2. The zero-order chi connectivity index (χ0) is 22.3. The van der Waals surface area contributed by atoms with Crippen LogP contribution in [0.15, 0.2) is 35.8 Å². The second-order valence-electron chi connectivity index (χ2n) is 8.38. The summed E-state index contributed by atoms with van der Waals surface area (Å²) < 4.78 is 39.3. The monoisotopic (exact) mass is 421 g/mol. The molecule has 30 heavy (non-hydrogen) atoms. The molecule has 2 aliphatic rings. The van der Waals surface area contributed by atoms with Gasteiger partial charge in [-0.05, 0) is 33.3 Å². The summed E-state index contributed by atoms with van der Waals surface area (Å²) in [5.74, 6) is -2.87. The molecule has 1 N–H and O–H groups in total. The van der Waals surface area contributed by atoms with Crippen molar-refractivity contribution >= 4 is 18.0 Å². The van der Waals surface area contributed by atoms with Gasteiger partial charge in [0.05, 0.1) is 18.6 Å². The maximum absolute atomic E-state index is 14.8. The minimum Gasteiger partial charge on any atom is -0.444 e. The fourth-order valence-corrected chi connectivity index (χ4v) is 3.68. The van der Waals surface area contributed by atoms with Gasteiger partial charge in [0.15, 0.2) is 0 Å². The van der Waals surface area contributed by atoms with Crippen molar-refractivity contribution in [1.29, 1.82) is 0 Å². The van der Waals surface area contributed by atoms with Crippen molar-refractivity contribution in [2.75, 3.05) is 13.7 Å². The van der Waals surface area contributed by atoms with E-state index in [2.05, 4.69) is 16.9 Å². The van der Waals surface area contributed by atoms with Crippen LogP contribution < -0.4 is 5.32 Å². The highest BCUT2D eigenvalue weighted by molar-refractivity contribution is 6.05. The Labute approximate surface area is 173 Å². The first kappa shape index (κ1) is 21.9. The zero-order valence-corrected chi connectivity index (χ0v) is 17.4. The SMILES string of the molecule is C=C[C@H]1C[C@H]2C(=O)N(C)C(NC(=O)OC(C)(C)C)=N[C@@]2(c2ccc(F)cc2F)CO1. The first-order valence-corrected chi connectivity index (χ1v) is 9.54. The number of aliphatic imine (C=N–C) groups is 1. The van der Waals surface area contributed by atoms with Crippen LogP contribution in [-0.2, 0) is 19.8 Å². The van der Waals surface area contributed by atoms with Crippen LogP contribution in [0.4, 0.5) is 13.6 Å². The minimum atomic E-state index is -1.47. The molecular formula is C21H25F2N3O4. The van der Waals surface area contributed by atoms with E-state index in [1.165, 1.54) is 18.0 Å². The molecule has 1 saturated heterocycles. The summed E-state index contributed by atoms with van der Waals surface area (Å²) in [6, 6.07) is 3.09. The third-order valence-corrected chi connectivity index (χ3v) is 5.09. The molecule has 0 radical (unpaired) electrons. The topological polar surface area (TPSA) is 80.2 Å². The van der Waals surface area contributed by atoms with Gasteiger partial charge in [-0.3, -0.25) is 15.0 Å². The number of carbonyl (C=O) groups is 2. The van der Waals surface area contributed by atoms with E-state index in [0.29, 0.717) is 0 Å². The van der Waals surface area contributed by atoms with Gasteiger partial charge in [-0.1, -0.05) is 12.1 Å². The average Bonchev–Trinajstić information content (AvgIpc) is 2.64. The highest BCUT2D eigenvalue weighted by Crippen LogP contribution is 2.45. The van der Waals surface area contributed by atoms with Crippen LogP contribution in [-0.4, -0.2) is 48.2 Å². The first-order valence-electron chi connectivity index (χ1n) is 9.54. The Balaban J connectivity index is 2.09. The van der Waals surface area contributed by atoms with Crippen molar-refractivity contribution in [1.82, 2.24) is 10.2 Å². The normalized spacial score (nSPS) is 26.5. The number of benzene rings is 1. The van der Waals surface area contributed by atoms with E-state index in [-0.39, 0.29) is 30.5 Å². The van der Waals surface area contributed by atoms with Crippen molar-refractivity contribution in [3.05, 3.63) is 48.1 Å². The van der Waals surface area contributed by atoms with Crippen molar-refractivity contribution in [2.24, 2.45) is 10.9 Å². The molecule has 2 amide bonds. The van der Waals surface area contributed by atoms with Crippen LogP contribution in [0.5, 0.6) is 0 Å². The van der Waals surface area contributed by atoms with Crippen LogP contribution in [0.25, 0.3) is 0 Å². The summed E-state index contributed by atoms with van der Waals surface area (Å²) in [5.41, 5.74) is -2.22. The second-order valence-corrected chi connectivity index (χ2v) is 8.38. The minimum absolute atomic E-state index is 0.0151. The quantitative estimate of drug-likeness (QED) is 0.745. The number of nitrogens with one attached hydrogen (secondary N) is 1. The Morgan fingerprint density at radius 3 is 2.73 bits per heavy atom. The Hall–Kier alpha value is -2.81. The van der Waals surface area contributed by atoms with Gasteiger partial charge < -0.3 is 9.47 Å². The summed E-state index contributed by atoms with van der Waals surface area (Å²) in [4.78, 5) is 31.2. The van der Waals surface area contributed by atoms with Gasteiger partial charge in [0.1, 0.15) is 22.8 Å². The molecule has 1 fully saturated rings. The highest BCUT2D eigenvalue weighted by Gasteiger charge is 2.54. The third-order valence-electron chi connectivity index (χ3n) is 5.09. The number of amides is 2. The second kappa shape index (κ2) is 7.79. The van der Waals surface area contributed by atoms with Crippen LogP contribution in [0.2, 0.25) is 0 Å². The van der Waals surface area contributed by atoms with E-state index in [4.69, 9.17) is 9.47 Å². The molecule has 3 rings (SSSR count). The van der Waals surface area contributed by atoms with Crippen molar-refractivity contribution < 1.29 is 27.8 Å². The molecule has 162 valence electrons. The smallest absolute Gasteiger partial charge is 0.414 e. The van der Waals surface area contributed by atoms with Gasteiger partial charge >= 0.3 is 6.09 Å². The van der Waals surface area contributed by atoms with Gasteiger partial charge in [0.25, 0.3) is 0 Å². The average molecular weight is 421 g/mol. The molecule has 0 aromatic heterocycles. The highest BCUT2D eigenvalue weighted by atomic mass is 19.1. The number of halogens is 2. The number of fused-ring (bicyclic) bond motifs is 1. The lowest BCUT2D eigenvalue weighted by molar-refractivity contribution is -0.143. The molecule has 0 spiro atoms. The molecule has 0 bridgehead atoms. The molecule has 0 aliphatic carbocycles. The standard InChI is InChI=1S/C21H25F2N3O4/c1-6-13-10-15-17(27)26(5)18(24-19(28)30-20(2,3)4)25-21(15,11-29-13)14-8-7-12(22)9-16(14)23/h6-9,13,15H,1,10-11H2,2-5H3,(H,24,25,28)/t13-,15-,21+/m0/s1. The lowest BCUT2D eigenvalue weighted by atomic mass is 9.72. The fraction of sp³-hybridized carbons (Fsp3) is 0.476. The van der Waals surface area contributed by atoms with E-state index in [1.54, 1.807) is 26.8 Å². The van der Waals surface area contributed by atoms with Gasteiger partial charge in [-0.15, -0.1) is 6.58 Å². The van der Waals surface area contributed by atoms with E-state index in [1.807, 2.05) is 0 Å². The van der Waals surface area contributed by atoms with Crippen LogP contribution >= 0.6 is 0 Å². The van der Waals surface area contributed by atoms with E-state index in [9.17, 15) is 18.4 Å². The number of alkyl carbamates (subject to hydrolysis) is 1. The lowest BCUT2D eigenvalue weighted by Gasteiger charge is -2.47. The van der Waals surface area contributed by atoms with E-state index < -0.39 is 40.9 Å². The lowest BCUT2D eigenvalue weighted by Crippen LogP contribution is -2.61. The molecule has 9 heteroatoms. The molecular weight excluding hydrogens is 396 g/mol. The summed E-state index contributed by atoms with van der Waals surface area (Å²) in [6.07, 6.45) is 0.553. The zero-order valence-electron chi connectivity index (χ0n) is 17.4. The molecule has 1 aromatic rings. The van der Waals surface area contributed by atoms with Crippen molar-refractivity contribution in [2.45, 2.75) is 44.4 Å². The largest absolute Gasteiger partial charge is 0.444 e. The Morgan fingerprint density at radius 2 is 2.13 bits per heavy atom. The van der Waals surface area contributed by atoms with E-state index in [0.717, 1.165) is 12.1 Å². The predicted molar refractivity (Wildman–Crippen MR) is 106 cm³/mol. The number of hydrogen-bond acceptors (Lipinski definition) is 5. The van der Waals surface area contributed by atoms with E-state index >= 15 is 0 Å². The maximum Gasteiger partial charge on any atom is 0.414 e. The molecule has 2 heterocycles. The molecule has 1 aromatic carbocycles. The summed E-state index contributed by atoms with van der Waals surface area (Å²) in [7, 11) is 1.46. The van der Waals surface area contributed by atoms with Crippen LogP contribution in [0, 0.1) is 17.6 Å². The number of guanidine groups is 1. The summed E-state index contributed by atoms with van der Waals surface area (Å²) >= 11 is 0. The number of nitrogens with zero attached hydrogens (tertiary/aromatic N) is 2. The van der Waals surface area contributed by atoms with Gasteiger partial charge in [0.2, 0.25) is 11.9 Å². The van der Waals surface area contributed by atoms with Crippen LogP contribution in [0.1, 0.15) is 32.8 Å². The Kier molecular flexibility index (Phi) is 5.68. The van der Waals surface area contributed by atoms with Gasteiger partial charge in [-0.2, -0.15) is 0 Å². The summed E-state index contributed by atoms with van der Waals surface area (Å²) in [5, 5.41) is 2.46. The molecule has 3 atom stereocenters. The van der Waals surface area contributed by atoms with Gasteiger partial charge in [-0.25, -0.2) is 18.6 Å².